The van der Waals surface area contributed by atoms with Gasteiger partial charge >= 0.3 is 12.1 Å². The molecule has 0 aromatic heterocycles. The van der Waals surface area contributed by atoms with E-state index in [1.807, 2.05) is 34.6 Å². The van der Waals surface area contributed by atoms with Gasteiger partial charge in [-0.3, -0.25) is 24.0 Å². The van der Waals surface area contributed by atoms with E-state index in [0.717, 1.165) is 0 Å². The maximum absolute atomic E-state index is 13.6. The Hall–Kier alpha value is -3.44. The maximum atomic E-state index is 13.6. The summed E-state index contributed by atoms with van der Waals surface area (Å²) in [6.45, 7) is 13.5. The number of ether oxygens (including phenoxy) is 1. The topological polar surface area (TPSA) is 171 Å². The van der Waals surface area contributed by atoms with Crippen molar-refractivity contribution in [2.24, 2.45) is 23.2 Å². The standard InChI is InChI=1S/C27H42N4O8/c1-7-9-17(22(34)24(36)28-12-8-2)29-23(35)21-20-16(27(20,5)6)13-31(21)25(37)18(10-11-19(32)33)30-26(38)39-14-15(3)4/h8,15-18,20-21H,2,7,9-14H2,1,3-6H3,(H,28,36)(H,29,35)(H,30,38)(H,32,33). The molecule has 1 saturated carbocycles. The van der Waals surface area contributed by atoms with Crippen LogP contribution in [-0.4, -0.2) is 83.4 Å². The average Bonchev–Trinajstić information content (AvgIpc) is 3.19. The molecule has 12 nitrogen and oxygen atoms in total. The molecule has 5 unspecified atom stereocenters. The molecule has 0 aromatic rings. The molecule has 39 heavy (non-hydrogen) atoms. The summed E-state index contributed by atoms with van der Waals surface area (Å²) in [6.07, 6.45) is 0.775. The fraction of sp³-hybridized carbons (Fsp3) is 0.704. The number of hydrogen-bond acceptors (Lipinski definition) is 7. The highest BCUT2D eigenvalue weighted by molar-refractivity contribution is 6.38. The second-order valence-electron chi connectivity index (χ2n) is 11.2. The number of carboxylic acid groups (broad SMARTS) is 1. The van der Waals surface area contributed by atoms with Gasteiger partial charge in [-0.1, -0.05) is 47.1 Å². The number of alkyl carbamates (subject to hydrolysis) is 1. The van der Waals surface area contributed by atoms with Crippen molar-refractivity contribution < 1.29 is 38.6 Å². The number of nitrogens with one attached hydrogen (secondary N) is 3. The first kappa shape index (κ1) is 31.8. The number of ketones is 1. The van der Waals surface area contributed by atoms with Crippen molar-refractivity contribution in [3.05, 3.63) is 12.7 Å². The molecule has 218 valence electrons. The second kappa shape index (κ2) is 13.6. The van der Waals surface area contributed by atoms with Crippen molar-refractivity contribution in [3.63, 3.8) is 0 Å². The van der Waals surface area contributed by atoms with E-state index in [-0.39, 0.29) is 62.1 Å². The van der Waals surface area contributed by atoms with Crippen molar-refractivity contribution >= 4 is 35.6 Å². The molecule has 1 aliphatic carbocycles. The van der Waals surface area contributed by atoms with Gasteiger partial charge in [-0.2, -0.15) is 0 Å². The number of Topliss-reactive ketones (excluding diaryl/α,β-unsaturated/α-hetero) is 1. The largest absolute Gasteiger partial charge is 0.481 e. The first-order chi connectivity index (χ1) is 18.3. The van der Waals surface area contributed by atoms with E-state index < -0.39 is 53.7 Å². The van der Waals surface area contributed by atoms with E-state index in [0.29, 0.717) is 6.42 Å². The first-order valence-corrected chi connectivity index (χ1v) is 13.4. The van der Waals surface area contributed by atoms with Crippen molar-refractivity contribution in [1.82, 2.24) is 20.9 Å². The molecular formula is C27H42N4O8. The summed E-state index contributed by atoms with van der Waals surface area (Å²) >= 11 is 0. The lowest BCUT2D eigenvalue weighted by Gasteiger charge is -2.33. The minimum Gasteiger partial charge on any atom is -0.481 e. The van der Waals surface area contributed by atoms with E-state index >= 15 is 0 Å². The maximum Gasteiger partial charge on any atom is 0.407 e. The Morgan fingerprint density at radius 1 is 1.10 bits per heavy atom. The fourth-order valence-corrected chi connectivity index (χ4v) is 5.19. The van der Waals surface area contributed by atoms with Crippen LogP contribution in [-0.2, 0) is 28.7 Å². The van der Waals surface area contributed by atoms with Crippen LogP contribution in [0.15, 0.2) is 12.7 Å². The smallest absolute Gasteiger partial charge is 0.407 e. The molecule has 2 aliphatic rings. The number of carboxylic acids is 1. The molecule has 4 amide bonds. The summed E-state index contributed by atoms with van der Waals surface area (Å²) in [5.74, 6) is -4.04. The highest BCUT2D eigenvalue weighted by atomic mass is 16.5. The zero-order valence-corrected chi connectivity index (χ0v) is 23.5. The van der Waals surface area contributed by atoms with Gasteiger partial charge in [0, 0.05) is 19.5 Å². The molecule has 4 N–H and O–H groups in total. The van der Waals surface area contributed by atoms with Crippen molar-refractivity contribution in [3.8, 4) is 0 Å². The number of carbonyl (C=O) groups is 6. The van der Waals surface area contributed by atoms with Crippen LogP contribution in [0, 0.1) is 23.2 Å². The van der Waals surface area contributed by atoms with Gasteiger partial charge in [0.2, 0.25) is 17.6 Å². The van der Waals surface area contributed by atoms with Crippen LogP contribution < -0.4 is 16.0 Å². The number of carbonyl (C=O) groups excluding carboxylic acids is 5. The van der Waals surface area contributed by atoms with Gasteiger partial charge in [0.15, 0.2) is 0 Å². The highest BCUT2D eigenvalue weighted by Gasteiger charge is 2.69. The Morgan fingerprint density at radius 3 is 2.33 bits per heavy atom. The third kappa shape index (κ3) is 8.03. The predicted octanol–water partition coefficient (Wildman–Crippen LogP) is 1.24. The summed E-state index contributed by atoms with van der Waals surface area (Å²) in [5.41, 5.74) is -0.232. The van der Waals surface area contributed by atoms with E-state index in [1.165, 1.54) is 11.0 Å². The number of aliphatic carboxylic acids is 1. The molecule has 1 aliphatic heterocycles. The highest BCUT2D eigenvalue weighted by Crippen LogP contribution is 2.64. The minimum atomic E-state index is -1.21. The molecular weight excluding hydrogens is 508 g/mol. The van der Waals surface area contributed by atoms with Crippen LogP contribution in [0.4, 0.5) is 4.79 Å². The van der Waals surface area contributed by atoms with E-state index in [9.17, 15) is 33.9 Å². The van der Waals surface area contributed by atoms with Crippen LogP contribution >= 0.6 is 0 Å². The van der Waals surface area contributed by atoms with Crippen LogP contribution in [0.25, 0.3) is 0 Å². The molecule has 0 bridgehead atoms. The summed E-state index contributed by atoms with van der Waals surface area (Å²) in [4.78, 5) is 77.2. The van der Waals surface area contributed by atoms with Crippen LogP contribution in [0.3, 0.4) is 0 Å². The van der Waals surface area contributed by atoms with Crippen molar-refractivity contribution in [1.29, 1.82) is 0 Å². The Balaban J connectivity index is 2.25. The molecule has 1 heterocycles. The SMILES string of the molecule is C=CCNC(=O)C(=O)C(CCC)NC(=O)C1C2C(CN1C(=O)C(CCC(=O)O)NC(=O)OCC(C)C)C2(C)C. The lowest BCUT2D eigenvalue weighted by Crippen LogP contribution is -2.58. The summed E-state index contributed by atoms with van der Waals surface area (Å²) in [5, 5.41) is 16.7. The Morgan fingerprint density at radius 2 is 1.77 bits per heavy atom. The Kier molecular flexibility index (Phi) is 11.1. The van der Waals surface area contributed by atoms with Gasteiger partial charge in [0.05, 0.1) is 12.6 Å². The fourth-order valence-electron chi connectivity index (χ4n) is 5.19. The van der Waals surface area contributed by atoms with Gasteiger partial charge in [-0.15, -0.1) is 6.58 Å². The van der Waals surface area contributed by atoms with Crippen molar-refractivity contribution in [2.75, 3.05) is 19.7 Å². The van der Waals surface area contributed by atoms with E-state index in [1.54, 1.807) is 0 Å². The molecule has 0 radical (unpaired) electrons. The molecule has 5 atom stereocenters. The van der Waals surface area contributed by atoms with Crippen molar-refractivity contribution in [2.45, 2.75) is 78.4 Å². The van der Waals surface area contributed by atoms with Gasteiger partial charge in [-0.05, 0) is 36.0 Å². The number of fused-ring (bicyclic) bond motifs is 1. The molecule has 2 fully saturated rings. The van der Waals surface area contributed by atoms with Crippen LogP contribution in [0.1, 0.15) is 60.3 Å². The normalized spacial score (nSPS) is 22.2. The van der Waals surface area contributed by atoms with Gasteiger partial charge in [-0.25, -0.2) is 4.79 Å². The Bertz CT molecular complexity index is 979. The zero-order valence-electron chi connectivity index (χ0n) is 23.5. The molecule has 0 spiro atoms. The second-order valence-corrected chi connectivity index (χ2v) is 11.2. The molecule has 2 rings (SSSR count). The summed E-state index contributed by atoms with van der Waals surface area (Å²) in [7, 11) is 0. The average molecular weight is 551 g/mol. The lowest BCUT2D eigenvalue weighted by molar-refractivity contribution is -0.144. The number of rotatable bonds is 15. The first-order valence-electron chi connectivity index (χ1n) is 13.4. The predicted molar refractivity (Wildman–Crippen MR) is 141 cm³/mol. The third-order valence-electron chi connectivity index (χ3n) is 7.39. The van der Waals surface area contributed by atoms with E-state index in [2.05, 4.69) is 22.5 Å². The van der Waals surface area contributed by atoms with Gasteiger partial charge in [0.25, 0.3) is 5.91 Å². The molecule has 0 aromatic carbocycles. The number of amides is 4. The molecule has 12 heteroatoms. The lowest BCUT2D eigenvalue weighted by atomic mass is 9.98. The Labute approximate surface area is 229 Å². The third-order valence-corrected chi connectivity index (χ3v) is 7.39. The van der Waals surface area contributed by atoms with Gasteiger partial charge in [0.1, 0.15) is 12.1 Å². The number of piperidine rings is 1. The monoisotopic (exact) mass is 550 g/mol. The number of likely N-dealkylation sites (tertiary alicyclic amines) is 1. The van der Waals surface area contributed by atoms with E-state index in [4.69, 9.17) is 4.74 Å². The quantitative estimate of drug-likeness (QED) is 0.174. The summed E-state index contributed by atoms with van der Waals surface area (Å²) < 4.78 is 5.12. The zero-order chi connectivity index (χ0) is 29.5. The molecule has 1 saturated heterocycles. The van der Waals surface area contributed by atoms with Crippen LogP contribution in [0.2, 0.25) is 0 Å². The van der Waals surface area contributed by atoms with Gasteiger partial charge < -0.3 is 30.7 Å². The van der Waals surface area contributed by atoms with Crippen LogP contribution in [0.5, 0.6) is 0 Å². The summed E-state index contributed by atoms with van der Waals surface area (Å²) in [6, 6.07) is -3.23. The number of hydrogen-bond donors (Lipinski definition) is 4. The number of nitrogens with zero attached hydrogens (tertiary/aromatic N) is 1. The minimum absolute atomic E-state index is 0.0152.